The first-order valence-electron chi connectivity index (χ1n) is 3.96. The van der Waals surface area contributed by atoms with Crippen LogP contribution in [0.15, 0.2) is 15.8 Å². The second-order valence-electron chi connectivity index (χ2n) is 2.73. The smallest absolute Gasteiger partial charge is 0.314 e. The van der Waals surface area contributed by atoms with Crippen LogP contribution in [0.5, 0.6) is 0 Å². The molecule has 4 heteroatoms. The molecule has 12 heavy (non-hydrogen) atoms. The highest BCUT2D eigenvalue weighted by atomic mass is 16.2. The zero-order valence-electron chi connectivity index (χ0n) is 7.26. The highest BCUT2D eigenvalue weighted by Gasteiger charge is 2.01. The van der Waals surface area contributed by atoms with E-state index in [0.717, 1.165) is 6.42 Å². The standard InChI is InChI=1S/C8H12N2O2/c1-3-4-10-7(11)6(2)5-9-8(10)12/h5H,3-4H2,1-2H3,(H,9,12). The first kappa shape index (κ1) is 8.77. The van der Waals surface area contributed by atoms with Crippen molar-refractivity contribution in [3.05, 3.63) is 32.6 Å². The molecular formula is C8H12N2O2. The van der Waals surface area contributed by atoms with Crippen LogP contribution in [0.2, 0.25) is 0 Å². The lowest BCUT2D eigenvalue weighted by molar-refractivity contribution is 0.611. The molecule has 0 aromatic carbocycles. The zero-order chi connectivity index (χ0) is 9.14. The molecule has 0 aliphatic heterocycles. The second-order valence-corrected chi connectivity index (χ2v) is 2.73. The van der Waals surface area contributed by atoms with E-state index in [-0.39, 0.29) is 11.2 Å². The Kier molecular flexibility index (Phi) is 2.47. The summed E-state index contributed by atoms with van der Waals surface area (Å²) in [5.41, 5.74) is 0.0519. The topological polar surface area (TPSA) is 54.9 Å². The zero-order valence-corrected chi connectivity index (χ0v) is 7.26. The van der Waals surface area contributed by atoms with Crippen molar-refractivity contribution in [3.63, 3.8) is 0 Å². The maximum Gasteiger partial charge on any atom is 0.328 e. The van der Waals surface area contributed by atoms with Crippen LogP contribution in [0.25, 0.3) is 0 Å². The van der Waals surface area contributed by atoms with Gasteiger partial charge in [0.1, 0.15) is 0 Å². The Morgan fingerprint density at radius 2 is 2.17 bits per heavy atom. The molecule has 0 fully saturated rings. The van der Waals surface area contributed by atoms with Crippen molar-refractivity contribution in [2.24, 2.45) is 0 Å². The largest absolute Gasteiger partial charge is 0.328 e. The molecular weight excluding hydrogens is 156 g/mol. The number of H-pyrrole nitrogens is 1. The van der Waals surface area contributed by atoms with Gasteiger partial charge in [0.2, 0.25) is 0 Å². The molecule has 0 aliphatic carbocycles. The normalized spacial score (nSPS) is 10.2. The fourth-order valence-electron chi connectivity index (χ4n) is 1.04. The van der Waals surface area contributed by atoms with Crippen LogP contribution in [0.3, 0.4) is 0 Å². The van der Waals surface area contributed by atoms with Gasteiger partial charge in [-0.05, 0) is 13.3 Å². The van der Waals surface area contributed by atoms with Gasteiger partial charge in [0.25, 0.3) is 5.56 Å². The summed E-state index contributed by atoms with van der Waals surface area (Å²) in [6, 6.07) is 0. The number of aryl methyl sites for hydroxylation is 1. The Labute approximate surface area is 69.9 Å². The van der Waals surface area contributed by atoms with Gasteiger partial charge in [0.15, 0.2) is 0 Å². The number of nitrogens with one attached hydrogen (secondary N) is 1. The average Bonchev–Trinajstić information content (AvgIpc) is 2.06. The third kappa shape index (κ3) is 1.47. The first-order valence-corrected chi connectivity index (χ1v) is 3.96. The molecule has 0 radical (unpaired) electrons. The van der Waals surface area contributed by atoms with Crippen LogP contribution in [0.4, 0.5) is 0 Å². The number of hydrogen-bond acceptors (Lipinski definition) is 2. The van der Waals surface area contributed by atoms with Gasteiger partial charge >= 0.3 is 5.69 Å². The Morgan fingerprint density at radius 3 is 2.75 bits per heavy atom. The van der Waals surface area contributed by atoms with Crippen molar-refractivity contribution in [2.75, 3.05) is 0 Å². The summed E-state index contributed by atoms with van der Waals surface area (Å²) in [4.78, 5) is 24.9. The van der Waals surface area contributed by atoms with E-state index in [1.807, 2.05) is 6.92 Å². The molecule has 0 saturated heterocycles. The maximum absolute atomic E-state index is 11.3. The fourth-order valence-corrected chi connectivity index (χ4v) is 1.04. The van der Waals surface area contributed by atoms with Crippen LogP contribution >= 0.6 is 0 Å². The predicted octanol–water partition coefficient (Wildman–Crippen LogP) is 0.255. The lowest BCUT2D eigenvalue weighted by Gasteiger charge is -2.01. The third-order valence-electron chi connectivity index (χ3n) is 1.69. The molecule has 0 amide bonds. The second kappa shape index (κ2) is 3.38. The van der Waals surface area contributed by atoms with Crippen LogP contribution in [-0.4, -0.2) is 9.55 Å². The van der Waals surface area contributed by atoms with Crippen LogP contribution in [-0.2, 0) is 6.54 Å². The van der Waals surface area contributed by atoms with Crippen LogP contribution < -0.4 is 11.2 Å². The van der Waals surface area contributed by atoms with Crippen molar-refractivity contribution in [1.82, 2.24) is 9.55 Å². The SMILES string of the molecule is CCCn1c(=O)[nH]cc(C)c1=O. The summed E-state index contributed by atoms with van der Waals surface area (Å²) in [5.74, 6) is 0. The molecule has 0 unspecified atom stereocenters. The van der Waals surface area contributed by atoms with Crippen LogP contribution in [0.1, 0.15) is 18.9 Å². The fraction of sp³-hybridized carbons (Fsp3) is 0.500. The van der Waals surface area contributed by atoms with E-state index in [1.54, 1.807) is 6.92 Å². The van der Waals surface area contributed by atoms with E-state index in [9.17, 15) is 9.59 Å². The molecule has 4 nitrogen and oxygen atoms in total. The van der Waals surface area contributed by atoms with Gasteiger partial charge in [-0.1, -0.05) is 6.92 Å². The summed E-state index contributed by atoms with van der Waals surface area (Å²) in [5, 5.41) is 0. The Hall–Kier alpha value is -1.32. The lowest BCUT2D eigenvalue weighted by atomic mass is 10.4. The highest BCUT2D eigenvalue weighted by Crippen LogP contribution is 1.82. The highest BCUT2D eigenvalue weighted by molar-refractivity contribution is 5.00. The minimum atomic E-state index is -0.326. The molecule has 1 aromatic rings. The number of aromatic amines is 1. The summed E-state index contributed by atoms with van der Waals surface area (Å²) in [7, 11) is 0. The molecule has 1 N–H and O–H groups in total. The van der Waals surface area contributed by atoms with E-state index in [1.165, 1.54) is 10.8 Å². The van der Waals surface area contributed by atoms with Crippen LogP contribution in [0, 0.1) is 6.92 Å². The van der Waals surface area contributed by atoms with Crippen molar-refractivity contribution in [1.29, 1.82) is 0 Å². The summed E-state index contributed by atoms with van der Waals surface area (Å²) in [6.45, 7) is 4.09. The molecule has 0 atom stereocenters. The molecule has 0 spiro atoms. The number of hydrogen-bond donors (Lipinski definition) is 1. The number of rotatable bonds is 2. The average molecular weight is 168 g/mol. The monoisotopic (exact) mass is 168 g/mol. The van der Waals surface area contributed by atoms with E-state index >= 15 is 0 Å². The minimum Gasteiger partial charge on any atom is -0.314 e. The van der Waals surface area contributed by atoms with Crippen molar-refractivity contribution in [3.8, 4) is 0 Å². The molecule has 1 heterocycles. The Morgan fingerprint density at radius 1 is 1.50 bits per heavy atom. The van der Waals surface area contributed by atoms with Gasteiger partial charge in [0, 0.05) is 18.3 Å². The summed E-state index contributed by atoms with van der Waals surface area (Å²) in [6.07, 6.45) is 2.23. The van der Waals surface area contributed by atoms with Gasteiger partial charge in [-0.15, -0.1) is 0 Å². The van der Waals surface area contributed by atoms with E-state index in [4.69, 9.17) is 0 Å². The Balaban J connectivity index is 3.34. The van der Waals surface area contributed by atoms with Gasteiger partial charge < -0.3 is 4.98 Å². The first-order chi connectivity index (χ1) is 5.66. The molecule has 66 valence electrons. The van der Waals surface area contributed by atoms with Crippen molar-refractivity contribution >= 4 is 0 Å². The van der Waals surface area contributed by atoms with Crippen molar-refractivity contribution < 1.29 is 0 Å². The van der Waals surface area contributed by atoms with E-state index in [0.29, 0.717) is 12.1 Å². The summed E-state index contributed by atoms with van der Waals surface area (Å²) < 4.78 is 1.22. The minimum absolute atomic E-state index is 0.194. The molecule has 0 saturated carbocycles. The molecule has 0 bridgehead atoms. The maximum atomic E-state index is 11.3. The summed E-state index contributed by atoms with van der Waals surface area (Å²) >= 11 is 0. The Bertz CT molecular complexity index is 375. The molecule has 0 aliphatic rings. The third-order valence-corrected chi connectivity index (χ3v) is 1.69. The van der Waals surface area contributed by atoms with Gasteiger partial charge in [-0.2, -0.15) is 0 Å². The lowest BCUT2D eigenvalue weighted by Crippen LogP contribution is -2.35. The number of nitrogens with zero attached hydrogens (tertiary/aromatic N) is 1. The molecule has 1 aromatic heterocycles. The number of aromatic nitrogens is 2. The van der Waals surface area contributed by atoms with Gasteiger partial charge in [-0.3, -0.25) is 9.36 Å². The van der Waals surface area contributed by atoms with Gasteiger partial charge in [0.05, 0.1) is 0 Å². The van der Waals surface area contributed by atoms with Crippen molar-refractivity contribution in [2.45, 2.75) is 26.8 Å². The quantitative estimate of drug-likeness (QED) is 0.688. The van der Waals surface area contributed by atoms with E-state index < -0.39 is 0 Å². The van der Waals surface area contributed by atoms with Gasteiger partial charge in [-0.25, -0.2) is 4.79 Å². The predicted molar refractivity (Wildman–Crippen MR) is 46.4 cm³/mol. The van der Waals surface area contributed by atoms with E-state index in [2.05, 4.69) is 4.98 Å². The molecule has 1 rings (SSSR count).